The Morgan fingerprint density at radius 1 is 1.17 bits per heavy atom. The maximum Gasteiger partial charge on any atom is 0.417 e. The van der Waals surface area contributed by atoms with Gasteiger partial charge in [0.15, 0.2) is 0 Å². The predicted molar refractivity (Wildman–Crippen MR) is 86.8 cm³/mol. The molecule has 0 bridgehead atoms. The van der Waals surface area contributed by atoms with Crippen molar-refractivity contribution in [2.45, 2.75) is 38.6 Å². The van der Waals surface area contributed by atoms with Gasteiger partial charge in [-0.05, 0) is 17.7 Å². The Hall–Kier alpha value is -1.60. The first-order valence-corrected chi connectivity index (χ1v) is 11.1. The Balaban J connectivity index is 2.06. The average molecular weight is 342 g/mol. The Bertz CT molecular complexity index is 647. The van der Waals surface area contributed by atoms with Crippen LogP contribution >= 0.6 is 0 Å². The van der Waals surface area contributed by atoms with E-state index in [0.717, 1.165) is 12.1 Å². The SMILES string of the molecule is C[Si](C)(C)CCOCn1cc(-c2ccccc2C(F)(F)F)cn1. The van der Waals surface area contributed by atoms with Crippen molar-refractivity contribution in [1.82, 2.24) is 9.78 Å². The van der Waals surface area contributed by atoms with Gasteiger partial charge >= 0.3 is 6.18 Å². The summed E-state index contributed by atoms with van der Waals surface area (Å²) in [7, 11) is -1.15. The highest BCUT2D eigenvalue weighted by Gasteiger charge is 2.33. The third-order valence-electron chi connectivity index (χ3n) is 3.40. The van der Waals surface area contributed by atoms with Crippen LogP contribution < -0.4 is 0 Å². The molecule has 1 aromatic heterocycles. The molecular weight excluding hydrogens is 321 g/mol. The second kappa shape index (κ2) is 6.88. The Morgan fingerprint density at radius 2 is 1.87 bits per heavy atom. The minimum Gasteiger partial charge on any atom is -0.360 e. The van der Waals surface area contributed by atoms with Gasteiger partial charge in [0.25, 0.3) is 0 Å². The maximum absolute atomic E-state index is 13.1. The molecule has 0 saturated heterocycles. The first-order valence-electron chi connectivity index (χ1n) is 7.44. The number of hydrogen-bond acceptors (Lipinski definition) is 2. The normalized spacial score (nSPS) is 12.6. The van der Waals surface area contributed by atoms with Gasteiger partial charge in [-0.1, -0.05) is 37.8 Å². The van der Waals surface area contributed by atoms with Crippen LogP contribution in [0.1, 0.15) is 5.56 Å². The van der Waals surface area contributed by atoms with Gasteiger partial charge in [-0.2, -0.15) is 18.3 Å². The molecule has 7 heteroatoms. The summed E-state index contributed by atoms with van der Waals surface area (Å²) in [5.41, 5.74) is -0.0840. The van der Waals surface area contributed by atoms with Crippen molar-refractivity contribution >= 4 is 8.07 Å². The minimum absolute atomic E-state index is 0.133. The van der Waals surface area contributed by atoms with Crippen molar-refractivity contribution < 1.29 is 17.9 Å². The van der Waals surface area contributed by atoms with Gasteiger partial charge in [0, 0.05) is 26.4 Å². The average Bonchev–Trinajstić information content (AvgIpc) is 2.90. The highest BCUT2D eigenvalue weighted by Crippen LogP contribution is 2.36. The first kappa shape index (κ1) is 17.7. The van der Waals surface area contributed by atoms with Gasteiger partial charge < -0.3 is 4.74 Å². The van der Waals surface area contributed by atoms with E-state index in [2.05, 4.69) is 24.7 Å². The molecule has 0 saturated carbocycles. The smallest absolute Gasteiger partial charge is 0.360 e. The molecule has 2 rings (SSSR count). The van der Waals surface area contributed by atoms with Crippen LogP contribution in [-0.2, 0) is 17.6 Å². The van der Waals surface area contributed by atoms with Crippen LogP contribution in [0.4, 0.5) is 13.2 Å². The lowest BCUT2D eigenvalue weighted by molar-refractivity contribution is -0.137. The topological polar surface area (TPSA) is 27.1 Å². The number of aromatic nitrogens is 2. The Morgan fingerprint density at radius 3 is 2.52 bits per heavy atom. The molecule has 2 aromatic rings. The molecule has 0 aliphatic carbocycles. The number of benzene rings is 1. The van der Waals surface area contributed by atoms with Crippen molar-refractivity contribution in [3.8, 4) is 11.1 Å². The van der Waals surface area contributed by atoms with Crippen molar-refractivity contribution in [3.63, 3.8) is 0 Å². The van der Waals surface area contributed by atoms with Crippen LogP contribution in [0.2, 0.25) is 25.7 Å². The zero-order valence-corrected chi connectivity index (χ0v) is 14.5. The molecule has 0 spiro atoms. The van der Waals surface area contributed by atoms with E-state index in [0.29, 0.717) is 12.2 Å². The standard InChI is InChI=1S/C16H21F3N2OSi/c1-23(2,3)9-8-22-12-21-11-13(10-20-21)14-6-4-5-7-15(14)16(17,18)19/h4-7,10-11H,8-9,12H2,1-3H3. The summed E-state index contributed by atoms with van der Waals surface area (Å²) in [6, 6.07) is 6.55. The van der Waals surface area contributed by atoms with Crippen molar-refractivity contribution in [1.29, 1.82) is 0 Å². The van der Waals surface area contributed by atoms with Gasteiger partial charge in [-0.25, -0.2) is 4.68 Å². The maximum atomic E-state index is 13.1. The van der Waals surface area contributed by atoms with Gasteiger partial charge in [-0.15, -0.1) is 0 Å². The van der Waals surface area contributed by atoms with E-state index in [9.17, 15) is 13.2 Å². The lowest BCUT2D eigenvalue weighted by Gasteiger charge is -2.15. The lowest BCUT2D eigenvalue weighted by atomic mass is 10.0. The highest BCUT2D eigenvalue weighted by molar-refractivity contribution is 6.76. The van der Waals surface area contributed by atoms with E-state index >= 15 is 0 Å². The number of hydrogen-bond donors (Lipinski definition) is 0. The summed E-state index contributed by atoms with van der Waals surface area (Å²) in [5.74, 6) is 0. The zero-order valence-electron chi connectivity index (χ0n) is 13.5. The number of alkyl halides is 3. The van der Waals surface area contributed by atoms with E-state index in [4.69, 9.17) is 4.74 Å². The van der Waals surface area contributed by atoms with Crippen LogP contribution in [0.5, 0.6) is 0 Å². The molecular formula is C16H21F3N2OSi. The molecule has 0 unspecified atom stereocenters. The van der Waals surface area contributed by atoms with Gasteiger partial charge in [0.2, 0.25) is 0 Å². The molecule has 1 aromatic carbocycles. The van der Waals surface area contributed by atoms with Gasteiger partial charge in [-0.3, -0.25) is 0 Å². The number of nitrogens with zero attached hydrogens (tertiary/aromatic N) is 2. The second-order valence-corrected chi connectivity index (χ2v) is 12.3. The Kier molecular flexibility index (Phi) is 5.31. The molecule has 0 aliphatic heterocycles. The lowest BCUT2D eigenvalue weighted by Crippen LogP contribution is -2.22. The molecule has 0 N–H and O–H groups in total. The van der Waals surface area contributed by atoms with Crippen LogP contribution in [0, 0.1) is 0 Å². The van der Waals surface area contributed by atoms with Crippen molar-refractivity contribution in [2.75, 3.05) is 6.61 Å². The minimum atomic E-state index is -4.38. The van der Waals surface area contributed by atoms with E-state index in [1.807, 2.05) is 0 Å². The quantitative estimate of drug-likeness (QED) is 0.552. The van der Waals surface area contributed by atoms with Gasteiger partial charge in [0.05, 0.1) is 11.8 Å². The first-order chi connectivity index (χ1) is 10.7. The van der Waals surface area contributed by atoms with Crippen LogP contribution in [0.3, 0.4) is 0 Å². The summed E-state index contributed by atoms with van der Waals surface area (Å²) in [6.07, 6.45) is -1.36. The van der Waals surface area contributed by atoms with E-state index < -0.39 is 19.8 Å². The number of ether oxygens (including phenoxy) is 1. The van der Waals surface area contributed by atoms with Gasteiger partial charge in [0.1, 0.15) is 6.73 Å². The second-order valence-electron chi connectivity index (χ2n) is 6.66. The fourth-order valence-corrected chi connectivity index (χ4v) is 2.85. The third-order valence-corrected chi connectivity index (χ3v) is 5.10. The molecule has 0 atom stereocenters. The highest BCUT2D eigenvalue weighted by atomic mass is 28.3. The van der Waals surface area contributed by atoms with Crippen LogP contribution in [0.15, 0.2) is 36.7 Å². The predicted octanol–water partition coefficient (Wildman–Crippen LogP) is 4.88. The fourth-order valence-electron chi connectivity index (χ4n) is 2.09. The van der Waals surface area contributed by atoms with Crippen LogP contribution in [-0.4, -0.2) is 24.5 Å². The van der Waals surface area contributed by atoms with Crippen molar-refractivity contribution in [2.24, 2.45) is 0 Å². The van der Waals surface area contributed by atoms with E-state index in [-0.39, 0.29) is 12.3 Å². The summed E-state index contributed by atoms with van der Waals surface area (Å²) in [4.78, 5) is 0. The summed E-state index contributed by atoms with van der Waals surface area (Å²) < 4.78 is 46.2. The molecule has 0 aliphatic rings. The Labute approximate surface area is 135 Å². The van der Waals surface area contributed by atoms with Crippen molar-refractivity contribution in [3.05, 3.63) is 42.2 Å². The summed E-state index contributed by atoms with van der Waals surface area (Å²) in [5, 5.41) is 4.09. The molecule has 0 amide bonds. The molecule has 23 heavy (non-hydrogen) atoms. The number of rotatable bonds is 6. The summed E-state index contributed by atoms with van der Waals surface area (Å²) in [6.45, 7) is 7.67. The third kappa shape index (κ3) is 5.21. The monoisotopic (exact) mass is 342 g/mol. The van der Waals surface area contributed by atoms with E-state index in [1.54, 1.807) is 12.3 Å². The molecule has 0 fully saturated rings. The fraction of sp³-hybridized carbons (Fsp3) is 0.438. The molecule has 1 heterocycles. The molecule has 3 nitrogen and oxygen atoms in total. The molecule has 0 radical (unpaired) electrons. The molecule has 126 valence electrons. The van der Waals surface area contributed by atoms with Crippen LogP contribution in [0.25, 0.3) is 11.1 Å². The largest absolute Gasteiger partial charge is 0.417 e. The van der Waals surface area contributed by atoms with E-state index in [1.165, 1.54) is 23.0 Å². The zero-order chi connectivity index (χ0) is 17.1. The number of halogens is 3. The summed E-state index contributed by atoms with van der Waals surface area (Å²) >= 11 is 0.